The number of para-hydroxylation sites is 1. The van der Waals surface area contributed by atoms with E-state index in [2.05, 4.69) is 35.4 Å². The van der Waals surface area contributed by atoms with Crippen molar-refractivity contribution in [1.82, 2.24) is 4.98 Å². The number of aromatic amines is 1. The fourth-order valence-corrected chi connectivity index (χ4v) is 2.01. The number of hydrogen-bond acceptors (Lipinski definition) is 2. The Kier molecular flexibility index (Phi) is 3.34. The van der Waals surface area contributed by atoms with Gasteiger partial charge in [-0.25, -0.2) is 0 Å². The summed E-state index contributed by atoms with van der Waals surface area (Å²) in [5.74, 6) is 0.0723. The maximum absolute atomic E-state index is 8.94. The highest BCUT2D eigenvalue weighted by atomic mass is 14.9. The van der Waals surface area contributed by atoms with E-state index in [-0.39, 0.29) is 5.92 Å². The number of nitriles is 1. The maximum Gasteiger partial charge on any atom is 0.0674 e. The number of hydrogen-bond donors (Lipinski definition) is 2. The minimum absolute atomic E-state index is 0.0723. The lowest BCUT2D eigenvalue weighted by Crippen LogP contribution is -2.12. The highest BCUT2D eigenvalue weighted by molar-refractivity contribution is 5.94. The summed E-state index contributed by atoms with van der Waals surface area (Å²) < 4.78 is 0. The third kappa shape index (κ3) is 2.26. The number of fused-ring (bicyclic) bond motifs is 1. The first-order valence-corrected chi connectivity index (χ1v) is 5.97. The third-order valence-corrected chi connectivity index (χ3v) is 3.09. The molecule has 1 heterocycles. The van der Waals surface area contributed by atoms with Gasteiger partial charge in [0.2, 0.25) is 0 Å². The Morgan fingerprint density at radius 1 is 1.41 bits per heavy atom. The standard InChI is InChI=1S/C14H17N3/c1-3-11(8-15)9-16-14-10(2)17-13-7-5-4-6-12(13)14/h4-7,11,16-17H,3,9H2,1-2H3. The van der Waals surface area contributed by atoms with Gasteiger partial charge in [-0.15, -0.1) is 0 Å². The van der Waals surface area contributed by atoms with Gasteiger partial charge in [0, 0.05) is 23.1 Å². The zero-order valence-electron chi connectivity index (χ0n) is 10.2. The van der Waals surface area contributed by atoms with Crippen molar-refractivity contribution in [2.24, 2.45) is 5.92 Å². The summed E-state index contributed by atoms with van der Waals surface area (Å²) >= 11 is 0. The molecule has 2 aromatic rings. The van der Waals surface area contributed by atoms with Crippen LogP contribution < -0.4 is 5.32 Å². The Hall–Kier alpha value is -1.95. The average Bonchev–Trinajstić information content (AvgIpc) is 2.67. The van der Waals surface area contributed by atoms with Crippen LogP contribution in [0.2, 0.25) is 0 Å². The monoisotopic (exact) mass is 227 g/mol. The molecule has 17 heavy (non-hydrogen) atoms. The molecule has 0 radical (unpaired) electrons. The molecule has 3 nitrogen and oxygen atoms in total. The van der Waals surface area contributed by atoms with Gasteiger partial charge in [-0.2, -0.15) is 5.26 Å². The van der Waals surface area contributed by atoms with Crippen molar-refractivity contribution in [3.63, 3.8) is 0 Å². The zero-order chi connectivity index (χ0) is 12.3. The lowest BCUT2D eigenvalue weighted by atomic mass is 10.1. The van der Waals surface area contributed by atoms with Crippen LogP contribution in [0.1, 0.15) is 19.0 Å². The van der Waals surface area contributed by atoms with Gasteiger partial charge in [0.1, 0.15) is 0 Å². The first-order chi connectivity index (χ1) is 8.26. The summed E-state index contributed by atoms with van der Waals surface area (Å²) in [5, 5.41) is 13.5. The molecule has 1 atom stereocenters. The third-order valence-electron chi connectivity index (χ3n) is 3.09. The van der Waals surface area contributed by atoms with Gasteiger partial charge in [-0.3, -0.25) is 0 Å². The Morgan fingerprint density at radius 2 is 2.18 bits per heavy atom. The fraction of sp³-hybridized carbons (Fsp3) is 0.357. The van der Waals surface area contributed by atoms with Crippen LogP contribution in [0.5, 0.6) is 0 Å². The van der Waals surface area contributed by atoms with Crippen LogP contribution in [0.25, 0.3) is 10.9 Å². The van der Waals surface area contributed by atoms with E-state index in [0.717, 1.165) is 23.3 Å². The van der Waals surface area contributed by atoms with Gasteiger partial charge < -0.3 is 10.3 Å². The zero-order valence-corrected chi connectivity index (χ0v) is 10.2. The molecule has 0 bridgehead atoms. The predicted octanol–water partition coefficient (Wildman–Crippen LogP) is 3.44. The second-order valence-corrected chi connectivity index (χ2v) is 4.29. The van der Waals surface area contributed by atoms with Crippen LogP contribution >= 0.6 is 0 Å². The van der Waals surface area contributed by atoms with E-state index in [1.165, 1.54) is 5.39 Å². The number of benzene rings is 1. The van der Waals surface area contributed by atoms with Crippen LogP contribution in [0.3, 0.4) is 0 Å². The van der Waals surface area contributed by atoms with Crippen LogP contribution in [-0.4, -0.2) is 11.5 Å². The molecule has 0 spiro atoms. The topological polar surface area (TPSA) is 51.6 Å². The van der Waals surface area contributed by atoms with E-state index < -0.39 is 0 Å². The van der Waals surface area contributed by atoms with Crippen LogP contribution in [-0.2, 0) is 0 Å². The van der Waals surface area contributed by atoms with E-state index in [1.807, 2.05) is 19.1 Å². The van der Waals surface area contributed by atoms with E-state index in [0.29, 0.717) is 6.54 Å². The second kappa shape index (κ2) is 4.92. The summed E-state index contributed by atoms with van der Waals surface area (Å²) in [6, 6.07) is 10.5. The van der Waals surface area contributed by atoms with Crippen molar-refractivity contribution >= 4 is 16.6 Å². The summed E-state index contributed by atoms with van der Waals surface area (Å²) in [6.45, 7) is 4.79. The smallest absolute Gasteiger partial charge is 0.0674 e. The molecule has 0 fully saturated rings. The van der Waals surface area contributed by atoms with E-state index in [9.17, 15) is 0 Å². The number of nitrogens with one attached hydrogen (secondary N) is 2. The molecule has 0 aliphatic carbocycles. The van der Waals surface area contributed by atoms with Crippen LogP contribution in [0.15, 0.2) is 24.3 Å². The largest absolute Gasteiger partial charge is 0.382 e. The molecule has 2 rings (SSSR count). The molecule has 0 aliphatic rings. The molecule has 0 saturated heterocycles. The van der Waals surface area contributed by atoms with Gasteiger partial charge >= 0.3 is 0 Å². The Bertz CT molecular complexity index is 548. The summed E-state index contributed by atoms with van der Waals surface area (Å²) in [4.78, 5) is 3.34. The normalized spacial score (nSPS) is 12.3. The molecule has 3 heteroatoms. The number of anilines is 1. The quantitative estimate of drug-likeness (QED) is 0.840. The molecule has 1 aromatic carbocycles. The van der Waals surface area contributed by atoms with E-state index in [4.69, 9.17) is 5.26 Å². The van der Waals surface area contributed by atoms with Crippen LogP contribution in [0.4, 0.5) is 5.69 Å². The molecule has 2 N–H and O–H groups in total. The number of H-pyrrole nitrogens is 1. The first kappa shape index (κ1) is 11.5. The summed E-state index contributed by atoms with van der Waals surface area (Å²) in [6.07, 6.45) is 0.880. The molecule has 1 aromatic heterocycles. The van der Waals surface area contributed by atoms with Gasteiger partial charge in [-0.1, -0.05) is 25.1 Å². The Balaban J connectivity index is 2.24. The highest BCUT2D eigenvalue weighted by Crippen LogP contribution is 2.27. The van der Waals surface area contributed by atoms with Crippen molar-refractivity contribution in [2.75, 3.05) is 11.9 Å². The molecule has 1 unspecified atom stereocenters. The fourth-order valence-electron chi connectivity index (χ4n) is 2.01. The minimum atomic E-state index is 0.0723. The molecule has 0 saturated carbocycles. The summed E-state index contributed by atoms with van der Waals surface area (Å²) in [7, 11) is 0. The predicted molar refractivity (Wildman–Crippen MR) is 70.9 cm³/mol. The molecular weight excluding hydrogens is 210 g/mol. The van der Waals surface area contributed by atoms with E-state index in [1.54, 1.807) is 0 Å². The second-order valence-electron chi connectivity index (χ2n) is 4.29. The number of aryl methyl sites for hydroxylation is 1. The molecular formula is C14H17N3. The minimum Gasteiger partial charge on any atom is -0.382 e. The number of nitrogens with zero attached hydrogens (tertiary/aromatic N) is 1. The summed E-state index contributed by atoms with van der Waals surface area (Å²) in [5.41, 5.74) is 3.38. The van der Waals surface area contributed by atoms with E-state index >= 15 is 0 Å². The number of aromatic nitrogens is 1. The van der Waals surface area contributed by atoms with Gasteiger partial charge in [-0.05, 0) is 19.4 Å². The molecule has 88 valence electrons. The average molecular weight is 227 g/mol. The molecule has 0 aliphatic heterocycles. The van der Waals surface area contributed by atoms with Crippen LogP contribution in [0, 0.1) is 24.2 Å². The number of rotatable bonds is 4. The van der Waals surface area contributed by atoms with Gasteiger partial charge in [0.05, 0.1) is 17.7 Å². The lowest BCUT2D eigenvalue weighted by Gasteiger charge is -2.09. The van der Waals surface area contributed by atoms with Crippen molar-refractivity contribution in [3.8, 4) is 6.07 Å². The SMILES string of the molecule is CCC(C#N)CNc1c(C)[nH]c2ccccc12. The van der Waals surface area contributed by atoms with Crippen molar-refractivity contribution in [2.45, 2.75) is 20.3 Å². The lowest BCUT2D eigenvalue weighted by molar-refractivity contribution is 0.674. The molecule has 0 amide bonds. The van der Waals surface area contributed by atoms with Gasteiger partial charge in [0.25, 0.3) is 0 Å². The van der Waals surface area contributed by atoms with Crippen molar-refractivity contribution in [1.29, 1.82) is 5.26 Å². The van der Waals surface area contributed by atoms with Crippen molar-refractivity contribution in [3.05, 3.63) is 30.0 Å². The van der Waals surface area contributed by atoms with Gasteiger partial charge in [0.15, 0.2) is 0 Å². The highest BCUT2D eigenvalue weighted by Gasteiger charge is 2.09. The maximum atomic E-state index is 8.94. The Morgan fingerprint density at radius 3 is 2.88 bits per heavy atom. The first-order valence-electron chi connectivity index (χ1n) is 5.97. The Labute approximate surface area is 101 Å². The van der Waals surface area contributed by atoms with Crippen molar-refractivity contribution < 1.29 is 0 Å².